The number of nitrogens with zero attached hydrogens (tertiary/aromatic N) is 3. The SMILES string of the molecule is CN1CCN(Cc2ccc(-c3ccc(C[C@H](N)C#N)cc3)cc2)CC1. The molecule has 0 bridgehead atoms. The Bertz CT molecular complexity index is 707. The van der Waals surface area contributed by atoms with Gasteiger partial charge in [-0.15, -0.1) is 0 Å². The average molecular weight is 334 g/mol. The van der Waals surface area contributed by atoms with Crippen LogP contribution in [-0.2, 0) is 13.0 Å². The van der Waals surface area contributed by atoms with E-state index in [1.54, 1.807) is 0 Å². The molecule has 0 spiro atoms. The van der Waals surface area contributed by atoms with Crippen molar-refractivity contribution in [3.05, 3.63) is 59.7 Å². The number of nitrogens with two attached hydrogens (primary N) is 1. The number of rotatable bonds is 5. The molecule has 1 aliphatic rings. The number of likely N-dealkylation sites (N-methyl/N-ethyl adjacent to an activating group) is 1. The van der Waals surface area contributed by atoms with Crippen molar-refractivity contribution in [1.82, 2.24) is 9.80 Å². The standard InChI is InChI=1S/C21H26N4/c1-24-10-12-25(13-11-24)16-18-4-8-20(9-5-18)19-6-2-17(3-7-19)14-21(23)15-22/h2-9,21H,10-14,16,23H2,1H3/t21-/m0/s1. The molecule has 25 heavy (non-hydrogen) atoms. The summed E-state index contributed by atoms with van der Waals surface area (Å²) in [6.45, 7) is 5.62. The molecule has 0 aromatic heterocycles. The van der Waals surface area contributed by atoms with E-state index < -0.39 is 6.04 Å². The first-order valence-electron chi connectivity index (χ1n) is 8.88. The van der Waals surface area contributed by atoms with Crippen LogP contribution >= 0.6 is 0 Å². The zero-order chi connectivity index (χ0) is 17.6. The highest BCUT2D eigenvalue weighted by molar-refractivity contribution is 5.64. The molecule has 2 N–H and O–H groups in total. The highest BCUT2D eigenvalue weighted by atomic mass is 15.2. The van der Waals surface area contributed by atoms with Crippen LogP contribution in [-0.4, -0.2) is 49.1 Å². The van der Waals surface area contributed by atoms with Crippen LogP contribution in [0.25, 0.3) is 11.1 Å². The number of benzene rings is 2. The van der Waals surface area contributed by atoms with E-state index in [-0.39, 0.29) is 0 Å². The van der Waals surface area contributed by atoms with Crippen molar-refractivity contribution in [3.8, 4) is 17.2 Å². The second kappa shape index (κ2) is 8.26. The van der Waals surface area contributed by atoms with Crippen LogP contribution in [0.1, 0.15) is 11.1 Å². The maximum atomic E-state index is 8.80. The summed E-state index contributed by atoms with van der Waals surface area (Å²) in [5.41, 5.74) is 10.6. The topological polar surface area (TPSA) is 56.3 Å². The summed E-state index contributed by atoms with van der Waals surface area (Å²) < 4.78 is 0. The molecule has 130 valence electrons. The smallest absolute Gasteiger partial charge is 0.0968 e. The normalized spacial score (nSPS) is 17.2. The van der Waals surface area contributed by atoms with Gasteiger partial charge in [0.2, 0.25) is 0 Å². The lowest BCUT2D eigenvalue weighted by Gasteiger charge is -2.32. The number of hydrogen-bond acceptors (Lipinski definition) is 4. The first-order chi connectivity index (χ1) is 12.1. The third-order valence-electron chi connectivity index (χ3n) is 4.86. The number of hydrogen-bond donors (Lipinski definition) is 1. The Labute approximate surface area is 150 Å². The van der Waals surface area contributed by atoms with Gasteiger partial charge in [-0.3, -0.25) is 4.90 Å². The molecule has 1 aliphatic heterocycles. The molecule has 0 aliphatic carbocycles. The first-order valence-corrected chi connectivity index (χ1v) is 8.88. The maximum Gasteiger partial charge on any atom is 0.0968 e. The molecule has 1 heterocycles. The van der Waals surface area contributed by atoms with Gasteiger partial charge in [0, 0.05) is 39.1 Å². The van der Waals surface area contributed by atoms with Crippen molar-refractivity contribution in [2.45, 2.75) is 19.0 Å². The Morgan fingerprint density at radius 1 is 0.920 bits per heavy atom. The molecule has 0 radical (unpaired) electrons. The maximum absolute atomic E-state index is 8.80. The van der Waals surface area contributed by atoms with E-state index in [9.17, 15) is 0 Å². The molecule has 0 saturated carbocycles. The Hall–Kier alpha value is -2.19. The van der Waals surface area contributed by atoms with Gasteiger partial charge in [-0.25, -0.2) is 0 Å². The van der Waals surface area contributed by atoms with Crippen LogP contribution < -0.4 is 5.73 Å². The van der Waals surface area contributed by atoms with Crippen molar-refractivity contribution >= 4 is 0 Å². The Balaban J connectivity index is 1.61. The van der Waals surface area contributed by atoms with Gasteiger partial charge in [-0.05, 0) is 29.3 Å². The lowest BCUT2D eigenvalue weighted by atomic mass is 10.00. The lowest BCUT2D eigenvalue weighted by molar-refractivity contribution is 0.148. The Morgan fingerprint density at radius 2 is 1.44 bits per heavy atom. The van der Waals surface area contributed by atoms with E-state index in [4.69, 9.17) is 11.0 Å². The van der Waals surface area contributed by atoms with Gasteiger partial charge >= 0.3 is 0 Å². The van der Waals surface area contributed by atoms with Gasteiger partial charge in [0.25, 0.3) is 0 Å². The quantitative estimate of drug-likeness (QED) is 0.913. The number of nitriles is 1. The largest absolute Gasteiger partial charge is 0.316 e. The van der Waals surface area contributed by atoms with E-state index in [2.05, 4.69) is 71.4 Å². The molecule has 1 saturated heterocycles. The zero-order valence-corrected chi connectivity index (χ0v) is 14.9. The molecule has 4 heteroatoms. The zero-order valence-electron chi connectivity index (χ0n) is 14.9. The Morgan fingerprint density at radius 3 is 1.96 bits per heavy atom. The van der Waals surface area contributed by atoms with Crippen LogP contribution in [0.15, 0.2) is 48.5 Å². The monoisotopic (exact) mass is 334 g/mol. The van der Waals surface area contributed by atoms with E-state index in [1.807, 2.05) is 0 Å². The summed E-state index contributed by atoms with van der Waals surface area (Å²) in [6, 6.07) is 18.8. The van der Waals surface area contributed by atoms with Gasteiger partial charge in [-0.1, -0.05) is 48.5 Å². The highest BCUT2D eigenvalue weighted by Gasteiger charge is 2.13. The molecule has 0 amide bonds. The summed E-state index contributed by atoms with van der Waals surface area (Å²) in [6.07, 6.45) is 0.598. The summed E-state index contributed by atoms with van der Waals surface area (Å²) in [5.74, 6) is 0. The van der Waals surface area contributed by atoms with Crippen LogP contribution in [0.2, 0.25) is 0 Å². The molecule has 1 atom stereocenters. The second-order valence-electron chi connectivity index (χ2n) is 6.91. The minimum Gasteiger partial charge on any atom is -0.316 e. The van der Waals surface area contributed by atoms with Crippen molar-refractivity contribution in [1.29, 1.82) is 5.26 Å². The summed E-state index contributed by atoms with van der Waals surface area (Å²) in [7, 11) is 2.19. The van der Waals surface area contributed by atoms with E-state index in [0.29, 0.717) is 6.42 Å². The van der Waals surface area contributed by atoms with Crippen molar-refractivity contribution < 1.29 is 0 Å². The minimum atomic E-state index is -0.431. The summed E-state index contributed by atoms with van der Waals surface area (Å²) >= 11 is 0. The van der Waals surface area contributed by atoms with Crippen LogP contribution in [0.3, 0.4) is 0 Å². The summed E-state index contributed by atoms with van der Waals surface area (Å²) in [5, 5.41) is 8.80. The third kappa shape index (κ3) is 4.90. The number of piperazine rings is 1. The second-order valence-corrected chi connectivity index (χ2v) is 6.91. The highest BCUT2D eigenvalue weighted by Crippen LogP contribution is 2.21. The van der Waals surface area contributed by atoms with Crippen LogP contribution in [0, 0.1) is 11.3 Å². The van der Waals surface area contributed by atoms with Gasteiger partial charge in [0.1, 0.15) is 0 Å². The predicted octanol–water partition coefficient (Wildman–Crippen LogP) is 2.49. The molecule has 4 nitrogen and oxygen atoms in total. The lowest BCUT2D eigenvalue weighted by Crippen LogP contribution is -2.43. The molecule has 2 aromatic carbocycles. The third-order valence-corrected chi connectivity index (χ3v) is 4.86. The molecule has 3 rings (SSSR count). The minimum absolute atomic E-state index is 0.431. The van der Waals surface area contributed by atoms with Crippen LogP contribution in [0.4, 0.5) is 0 Å². The first kappa shape index (κ1) is 17.6. The fourth-order valence-corrected chi connectivity index (χ4v) is 3.20. The summed E-state index contributed by atoms with van der Waals surface area (Å²) in [4.78, 5) is 4.90. The molecule has 2 aromatic rings. The van der Waals surface area contributed by atoms with Crippen molar-refractivity contribution in [2.75, 3.05) is 33.2 Å². The molecule has 1 fully saturated rings. The van der Waals surface area contributed by atoms with Gasteiger partial charge in [-0.2, -0.15) is 5.26 Å². The van der Waals surface area contributed by atoms with Gasteiger partial charge < -0.3 is 10.6 Å². The molecular weight excluding hydrogens is 308 g/mol. The van der Waals surface area contributed by atoms with Crippen molar-refractivity contribution in [2.24, 2.45) is 5.73 Å². The van der Waals surface area contributed by atoms with E-state index >= 15 is 0 Å². The van der Waals surface area contributed by atoms with Gasteiger partial charge in [0.15, 0.2) is 0 Å². The van der Waals surface area contributed by atoms with Gasteiger partial charge in [0.05, 0.1) is 12.1 Å². The van der Waals surface area contributed by atoms with Crippen LogP contribution in [0.5, 0.6) is 0 Å². The molecule has 0 unspecified atom stereocenters. The molecular formula is C21H26N4. The van der Waals surface area contributed by atoms with E-state index in [1.165, 1.54) is 16.7 Å². The van der Waals surface area contributed by atoms with E-state index in [0.717, 1.165) is 38.3 Å². The van der Waals surface area contributed by atoms with Crippen molar-refractivity contribution in [3.63, 3.8) is 0 Å². The fraction of sp³-hybridized carbons (Fsp3) is 0.381. The Kier molecular flexibility index (Phi) is 5.83. The predicted molar refractivity (Wildman–Crippen MR) is 102 cm³/mol. The fourth-order valence-electron chi connectivity index (χ4n) is 3.20. The average Bonchev–Trinajstić information content (AvgIpc) is 2.65.